The van der Waals surface area contributed by atoms with E-state index in [1.807, 2.05) is 6.92 Å². The van der Waals surface area contributed by atoms with Crippen LogP contribution in [0.25, 0.3) is 0 Å². The Morgan fingerprint density at radius 2 is 2.16 bits per heavy atom. The monoisotopic (exact) mass is 269 g/mol. The lowest BCUT2D eigenvalue weighted by atomic mass is 9.91. The Kier molecular flexibility index (Phi) is 6.81. The predicted octanol–water partition coefficient (Wildman–Crippen LogP) is 2.74. The first-order chi connectivity index (χ1) is 9.15. The van der Waals surface area contributed by atoms with Gasteiger partial charge in [0.25, 0.3) is 0 Å². The van der Waals surface area contributed by atoms with Gasteiger partial charge in [0.2, 0.25) is 0 Å². The van der Waals surface area contributed by atoms with Gasteiger partial charge in [0, 0.05) is 11.6 Å². The van der Waals surface area contributed by atoms with Crippen molar-refractivity contribution in [1.82, 2.24) is 5.32 Å². The molecule has 1 rings (SSSR count). The zero-order valence-electron chi connectivity index (χ0n) is 11.8. The molecular formula is C15H24FNO2. The Hall–Kier alpha value is -1.13. The van der Waals surface area contributed by atoms with E-state index in [2.05, 4.69) is 12.2 Å². The molecule has 0 aliphatic heterocycles. The molecule has 0 aliphatic carbocycles. The second-order valence-electron chi connectivity index (χ2n) is 4.73. The summed E-state index contributed by atoms with van der Waals surface area (Å²) in [5, 5.41) is 12.8. The Morgan fingerprint density at radius 1 is 1.37 bits per heavy atom. The van der Waals surface area contributed by atoms with Crippen LogP contribution in [0.3, 0.4) is 0 Å². The summed E-state index contributed by atoms with van der Waals surface area (Å²) in [6, 6.07) is 6.15. The lowest BCUT2D eigenvalue weighted by Crippen LogP contribution is -2.48. The summed E-state index contributed by atoms with van der Waals surface area (Å²) in [4.78, 5) is 0. The van der Waals surface area contributed by atoms with E-state index in [1.165, 1.54) is 12.1 Å². The van der Waals surface area contributed by atoms with Crippen molar-refractivity contribution in [3.63, 3.8) is 0 Å². The molecule has 1 aromatic carbocycles. The predicted molar refractivity (Wildman–Crippen MR) is 74.9 cm³/mol. The number of benzene rings is 1. The Morgan fingerprint density at radius 3 is 2.74 bits per heavy atom. The summed E-state index contributed by atoms with van der Waals surface area (Å²) in [6.07, 6.45) is 2.53. The van der Waals surface area contributed by atoms with Gasteiger partial charge in [0.05, 0.1) is 13.2 Å². The molecule has 0 radical (unpaired) electrons. The summed E-state index contributed by atoms with van der Waals surface area (Å²) in [5.74, 6) is 0.262. The number of likely N-dealkylation sites (N-methyl/N-ethyl adjacent to an activating group) is 1. The largest absolute Gasteiger partial charge is 0.493 e. The van der Waals surface area contributed by atoms with Crippen molar-refractivity contribution in [2.75, 3.05) is 19.8 Å². The zero-order valence-corrected chi connectivity index (χ0v) is 11.8. The van der Waals surface area contributed by atoms with Crippen LogP contribution >= 0.6 is 0 Å². The smallest absolute Gasteiger partial charge is 0.126 e. The van der Waals surface area contributed by atoms with E-state index in [9.17, 15) is 9.50 Å². The fourth-order valence-electron chi connectivity index (χ4n) is 2.17. The second kappa shape index (κ2) is 8.12. The van der Waals surface area contributed by atoms with Gasteiger partial charge < -0.3 is 15.2 Å². The molecule has 1 aromatic rings. The number of ether oxygens (including phenoxy) is 1. The van der Waals surface area contributed by atoms with Gasteiger partial charge in [-0.15, -0.1) is 0 Å². The highest BCUT2D eigenvalue weighted by atomic mass is 19.1. The topological polar surface area (TPSA) is 41.5 Å². The summed E-state index contributed by atoms with van der Waals surface area (Å²) in [7, 11) is 0. The van der Waals surface area contributed by atoms with Crippen LogP contribution in [0.2, 0.25) is 0 Å². The highest BCUT2D eigenvalue weighted by Gasteiger charge is 2.25. The number of aliphatic hydroxyl groups is 1. The summed E-state index contributed by atoms with van der Waals surface area (Å²) < 4.78 is 18.5. The molecule has 0 spiro atoms. The van der Waals surface area contributed by atoms with Gasteiger partial charge in [-0.2, -0.15) is 0 Å². The van der Waals surface area contributed by atoms with Crippen LogP contribution in [0, 0.1) is 5.82 Å². The van der Waals surface area contributed by atoms with Gasteiger partial charge in [0.15, 0.2) is 0 Å². The number of halogens is 1. The maximum atomic E-state index is 13.0. The number of rotatable bonds is 9. The van der Waals surface area contributed by atoms with Crippen molar-refractivity contribution in [1.29, 1.82) is 0 Å². The fourth-order valence-corrected chi connectivity index (χ4v) is 2.17. The molecule has 0 aromatic heterocycles. The van der Waals surface area contributed by atoms with Gasteiger partial charge in [0.1, 0.15) is 11.6 Å². The van der Waals surface area contributed by atoms with E-state index in [1.54, 1.807) is 12.1 Å². The summed E-state index contributed by atoms with van der Waals surface area (Å²) in [6.45, 7) is 5.57. The second-order valence-corrected chi connectivity index (χ2v) is 4.73. The lowest BCUT2D eigenvalue weighted by molar-refractivity contribution is 0.139. The SMILES string of the molecule is CCNC(CC)(CO)CCCOc1cccc(F)c1. The molecule has 1 unspecified atom stereocenters. The van der Waals surface area contributed by atoms with Crippen LogP contribution < -0.4 is 10.1 Å². The zero-order chi connectivity index (χ0) is 14.1. The Balaban J connectivity index is 2.36. The van der Waals surface area contributed by atoms with E-state index in [-0.39, 0.29) is 18.0 Å². The standard InChI is InChI=1S/C15H24FNO2/c1-3-15(12-18,17-4-2)9-6-10-19-14-8-5-7-13(16)11-14/h5,7-8,11,17-18H,3-4,6,9-10,12H2,1-2H3. The van der Waals surface area contributed by atoms with Gasteiger partial charge in [-0.25, -0.2) is 4.39 Å². The van der Waals surface area contributed by atoms with E-state index in [4.69, 9.17) is 4.74 Å². The lowest BCUT2D eigenvalue weighted by Gasteiger charge is -2.31. The van der Waals surface area contributed by atoms with E-state index >= 15 is 0 Å². The van der Waals surface area contributed by atoms with Crippen LogP contribution in [0.15, 0.2) is 24.3 Å². The van der Waals surface area contributed by atoms with Crippen LogP contribution in [0.5, 0.6) is 5.75 Å². The molecule has 0 saturated carbocycles. The molecule has 0 bridgehead atoms. The van der Waals surface area contributed by atoms with Crippen molar-refractivity contribution in [2.45, 2.75) is 38.6 Å². The highest BCUT2D eigenvalue weighted by molar-refractivity contribution is 5.22. The molecule has 2 N–H and O–H groups in total. The van der Waals surface area contributed by atoms with Crippen LogP contribution in [0.1, 0.15) is 33.1 Å². The maximum Gasteiger partial charge on any atom is 0.126 e. The third-order valence-electron chi connectivity index (χ3n) is 3.40. The van der Waals surface area contributed by atoms with Crippen LogP contribution in [-0.2, 0) is 0 Å². The van der Waals surface area contributed by atoms with Crippen molar-refractivity contribution in [3.8, 4) is 5.75 Å². The van der Waals surface area contributed by atoms with Crippen molar-refractivity contribution in [3.05, 3.63) is 30.1 Å². The highest BCUT2D eigenvalue weighted by Crippen LogP contribution is 2.18. The molecule has 0 saturated heterocycles. The molecule has 0 amide bonds. The minimum absolute atomic E-state index is 0.122. The van der Waals surface area contributed by atoms with Gasteiger partial charge >= 0.3 is 0 Å². The number of aliphatic hydroxyl groups excluding tert-OH is 1. The molecule has 4 heteroatoms. The van der Waals surface area contributed by atoms with Crippen LogP contribution in [0.4, 0.5) is 4.39 Å². The number of hydrogen-bond acceptors (Lipinski definition) is 3. The molecule has 3 nitrogen and oxygen atoms in total. The average molecular weight is 269 g/mol. The van der Waals surface area contributed by atoms with Crippen LogP contribution in [-0.4, -0.2) is 30.4 Å². The van der Waals surface area contributed by atoms with Gasteiger partial charge in [-0.1, -0.05) is 19.9 Å². The minimum atomic E-state index is -0.289. The molecule has 0 heterocycles. The molecular weight excluding hydrogens is 245 g/mol. The number of hydrogen-bond donors (Lipinski definition) is 2. The minimum Gasteiger partial charge on any atom is -0.493 e. The first-order valence-corrected chi connectivity index (χ1v) is 6.90. The molecule has 0 fully saturated rings. The Labute approximate surface area is 114 Å². The molecule has 19 heavy (non-hydrogen) atoms. The molecule has 108 valence electrons. The first-order valence-electron chi connectivity index (χ1n) is 6.90. The Bertz CT molecular complexity index is 367. The van der Waals surface area contributed by atoms with Crippen molar-refractivity contribution < 1.29 is 14.2 Å². The molecule has 0 aliphatic rings. The third-order valence-corrected chi connectivity index (χ3v) is 3.40. The van der Waals surface area contributed by atoms with Gasteiger partial charge in [-0.05, 0) is 37.9 Å². The quantitative estimate of drug-likeness (QED) is 0.677. The molecule has 1 atom stereocenters. The van der Waals surface area contributed by atoms with E-state index in [0.717, 1.165) is 25.8 Å². The normalized spacial score (nSPS) is 14.1. The van der Waals surface area contributed by atoms with Crippen molar-refractivity contribution in [2.24, 2.45) is 0 Å². The number of nitrogens with one attached hydrogen (secondary N) is 1. The third kappa shape index (κ3) is 5.17. The first kappa shape index (κ1) is 15.9. The van der Waals surface area contributed by atoms with Gasteiger partial charge in [-0.3, -0.25) is 0 Å². The van der Waals surface area contributed by atoms with Crippen molar-refractivity contribution >= 4 is 0 Å². The summed E-state index contributed by atoms with van der Waals surface area (Å²) in [5.41, 5.74) is -0.222. The van der Waals surface area contributed by atoms with E-state index < -0.39 is 0 Å². The average Bonchev–Trinajstić information content (AvgIpc) is 2.42. The van der Waals surface area contributed by atoms with E-state index in [0.29, 0.717) is 12.4 Å². The summed E-state index contributed by atoms with van der Waals surface area (Å²) >= 11 is 0. The fraction of sp³-hybridized carbons (Fsp3) is 0.600. The maximum absolute atomic E-state index is 13.0.